The van der Waals surface area contributed by atoms with Crippen molar-refractivity contribution in [1.82, 2.24) is 0 Å². The minimum atomic E-state index is -0.754. The Labute approximate surface area is 117 Å². The molecule has 20 heavy (non-hydrogen) atoms. The molecule has 110 valence electrons. The summed E-state index contributed by atoms with van der Waals surface area (Å²) in [6, 6.07) is 0. The van der Waals surface area contributed by atoms with Crippen LogP contribution in [0.2, 0.25) is 0 Å². The quantitative estimate of drug-likeness (QED) is 0.531. The summed E-state index contributed by atoms with van der Waals surface area (Å²) in [6.07, 6.45) is 1.27. The molecule has 4 aliphatic rings. The standard InChI is InChI=1S/C15H20O5/c1-7-10-8(18-13(7)17)6-15(3)9(19-15)4-5-14(2)12(20-14)11(10)16/h8-9,11-12,16H,4-6H2,1-3H3/t8-,9+,11+,12-,14+,15-/m0/s1. The molecule has 5 nitrogen and oxygen atoms in total. The van der Waals surface area contributed by atoms with Gasteiger partial charge in [-0.1, -0.05) is 0 Å². The van der Waals surface area contributed by atoms with Gasteiger partial charge in [0.2, 0.25) is 0 Å². The van der Waals surface area contributed by atoms with Crippen LogP contribution in [0.15, 0.2) is 11.1 Å². The molecule has 1 N–H and O–H groups in total. The Morgan fingerprint density at radius 3 is 2.75 bits per heavy atom. The zero-order valence-electron chi connectivity index (χ0n) is 12.0. The molecule has 3 heterocycles. The zero-order valence-corrected chi connectivity index (χ0v) is 12.0. The molecule has 4 rings (SSSR count). The van der Waals surface area contributed by atoms with Crippen molar-refractivity contribution in [2.75, 3.05) is 0 Å². The zero-order chi connectivity index (χ0) is 14.3. The van der Waals surface area contributed by atoms with E-state index in [0.29, 0.717) is 17.6 Å². The molecule has 3 fully saturated rings. The third-order valence-electron chi connectivity index (χ3n) is 5.41. The third-order valence-corrected chi connectivity index (χ3v) is 5.41. The number of carbonyl (C=O) groups is 1. The molecule has 1 saturated carbocycles. The third kappa shape index (κ3) is 1.63. The molecule has 0 unspecified atom stereocenters. The van der Waals surface area contributed by atoms with E-state index in [1.54, 1.807) is 6.92 Å². The smallest absolute Gasteiger partial charge is 0.334 e. The van der Waals surface area contributed by atoms with E-state index in [2.05, 4.69) is 6.92 Å². The van der Waals surface area contributed by atoms with Crippen LogP contribution in [0, 0.1) is 0 Å². The predicted octanol–water partition coefficient (Wildman–Crippen LogP) is 1.09. The van der Waals surface area contributed by atoms with Gasteiger partial charge in [0.25, 0.3) is 0 Å². The number of carbonyl (C=O) groups excluding carboxylic acids is 1. The Balaban J connectivity index is 1.71. The van der Waals surface area contributed by atoms with Gasteiger partial charge in [0.05, 0.1) is 17.3 Å². The van der Waals surface area contributed by atoms with Gasteiger partial charge in [-0.2, -0.15) is 0 Å². The molecule has 1 aliphatic carbocycles. The number of aliphatic hydroxyl groups is 1. The topological polar surface area (TPSA) is 71.6 Å². The number of aliphatic hydroxyl groups excluding tert-OH is 1. The van der Waals surface area contributed by atoms with Crippen molar-refractivity contribution in [3.05, 3.63) is 11.1 Å². The van der Waals surface area contributed by atoms with E-state index in [0.717, 1.165) is 12.8 Å². The van der Waals surface area contributed by atoms with Crippen molar-refractivity contribution in [3.63, 3.8) is 0 Å². The summed E-state index contributed by atoms with van der Waals surface area (Å²) in [5.41, 5.74) is 0.689. The predicted molar refractivity (Wildman–Crippen MR) is 69.0 cm³/mol. The van der Waals surface area contributed by atoms with Crippen LogP contribution in [0.5, 0.6) is 0 Å². The lowest BCUT2D eigenvalue weighted by Crippen LogP contribution is -2.33. The highest BCUT2D eigenvalue weighted by Crippen LogP contribution is 2.53. The van der Waals surface area contributed by atoms with Gasteiger partial charge in [-0.05, 0) is 33.6 Å². The van der Waals surface area contributed by atoms with Crippen molar-refractivity contribution in [3.8, 4) is 0 Å². The van der Waals surface area contributed by atoms with Crippen molar-refractivity contribution < 1.29 is 24.1 Å². The normalized spacial score (nSPS) is 53.7. The number of rotatable bonds is 0. The Kier molecular flexibility index (Phi) is 2.33. The van der Waals surface area contributed by atoms with Crippen LogP contribution in [0.4, 0.5) is 0 Å². The van der Waals surface area contributed by atoms with Crippen LogP contribution in [-0.2, 0) is 19.0 Å². The minimum Gasteiger partial charge on any atom is -0.454 e. The molecule has 0 aromatic rings. The molecule has 0 spiro atoms. The van der Waals surface area contributed by atoms with Gasteiger partial charge in [-0.3, -0.25) is 0 Å². The van der Waals surface area contributed by atoms with Crippen LogP contribution < -0.4 is 0 Å². The number of ether oxygens (including phenoxy) is 3. The van der Waals surface area contributed by atoms with Crippen LogP contribution in [0.25, 0.3) is 0 Å². The molecular weight excluding hydrogens is 260 g/mol. The van der Waals surface area contributed by atoms with Crippen LogP contribution in [0.1, 0.15) is 40.0 Å². The number of esters is 1. The Bertz CT molecular complexity index is 526. The first-order valence-electron chi connectivity index (χ1n) is 7.29. The van der Waals surface area contributed by atoms with Gasteiger partial charge < -0.3 is 19.3 Å². The van der Waals surface area contributed by atoms with Crippen LogP contribution in [0.3, 0.4) is 0 Å². The van der Waals surface area contributed by atoms with Crippen molar-refractivity contribution in [1.29, 1.82) is 0 Å². The second-order valence-electron chi connectivity index (χ2n) is 6.93. The van der Waals surface area contributed by atoms with Crippen LogP contribution in [-0.4, -0.2) is 46.7 Å². The SMILES string of the molecule is CC1=C2[C@H](C[C@]3(C)O[C@@H]3CC[C@@]3(C)O[C@H]3[C@@H]2O)OC1=O. The van der Waals surface area contributed by atoms with E-state index in [4.69, 9.17) is 14.2 Å². The maximum absolute atomic E-state index is 11.8. The van der Waals surface area contributed by atoms with Gasteiger partial charge in [0, 0.05) is 17.6 Å². The summed E-state index contributed by atoms with van der Waals surface area (Å²) in [7, 11) is 0. The lowest BCUT2D eigenvalue weighted by Gasteiger charge is -2.22. The Morgan fingerprint density at radius 1 is 1.25 bits per heavy atom. The Morgan fingerprint density at radius 2 is 2.00 bits per heavy atom. The maximum atomic E-state index is 11.8. The summed E-state index contributed by atoms with van der Waals surface area (Å²) in [5.74, 6) is -0.327. The Hall–Kier alpha value is -0.910. The molecule has 5 heteroatoms. The van der Waals surface area contributed by atoms with Gasteiger partial charge in [0.1, 0.15) is 18.3 Å². The van der Waals surface area contributed by atoms with Crippen LogP contribution >= 0.6 is 0 Å². The van der Waals surface area contributed by atoms with E-state index in [1.165, 1.54) is 0 Å². The molecule has 6 atom stereocenters. The van der Waals surface area contributed by atoms with Crippen molar-refractivity contribution >= 4 is 5.97 Å². The molecular formula is C15H20O5. The first kappa shape index (κ1) is 12.8. The summed E-state index contributed by atoms with van der Waals surface area (Å²) < 4.78 is 17.0. The minimum absolute atomic E-state index is 0.209. The molecule has 0 radical (unpaired) electrons. The fourth-order valence-corrected chi connectivity index (χ4v) is 3.84. The molecule has 0 aromatic heterocycles. The maximum Gasteiger partial charge on any atom is 0.334 e. The number of fused-ring (bicyclic) bond motifs is 3. The average Bonchev–Trinajstić information content (AvgIpc) is 3.19. The lowest BCUT2D eigenvalue weighted by molar-refractivity contribution is -0.140. The average molecular weight is 280 g/mol. The summed E-state index contributed by atoms with van der Waals surface area (Å²) in [6.45, 7) is 5.79. The summed E-state index contributed by atoms with van der Waals surface area (Å²) in [4.78, 5) is 11.8. The summed E-state index contributed by atoms with van der Waals surface area (Å²) >= 11 is 0. The van der Waals surface area contributed by atoms with E-state index in [-0.39, 0.29) is 35.5 Å². The van der Waals surface area contributed by atoms with Gasteiger partial charge in [0.15, 0.2) is 0 Å². The molecule has 0 amide bonds. The molecule has 2 saturated heterocycles. The number of hydrogen-bond acceptors (Lipinski definition) is 5. The highest BCUT2D eigenvalue weighted by Gasteiger charge is 2.63. The van der Waals surface area contributed by atoms with E-state index in [9.17, 15) is 9.90 Å². The number of hydrogen-bond donors (Lipinski definition) is 1. The first-order chi connectivity index (χ1) is 9.34. The number of epoxide rings is 2. The monoisotopic (exact) mass is 280 g/mol. The van der Waals surface area contributed by atoms with Gasteiger partial charge >= 0.3 is 5.97 Å². The largest absolute Gasteiger partial charge is 0.454 e. The van der Waals surface area contributed by atoms with E-state index in [1.807, 2.05) is 6.92 Å². The summed E-state index contributed by atoms with van der Waals surface area (Å²) in [5, 5.41) is 10.6. The highest BCUT2D eigenvalue weighted by atomic mass is 16.6. The fourth-order valence-electron chi connectivity index (χ4n) is 3.84. The van der Waals surface area contributed by atoms with E-state index < -0.39 is 6.10 Å². The van der Waals surface area contributed by atoms with Crippen molar-refractivity contribution in [2.24, 2.45) is 0 Å². The second-order valence-corrected chi connectivity index (χ2v) is 6.93. The van der Waals surface area contributed by atoms with Gasteiger partial charge in [-0.15, -0.1) is 0 Å². The van der Waals surface area contributed by atoms with Crippen molar-refractivity contribution in [2.45, 2.75) is 75.7 Å². The second kappa shape index (κ2) is 3.64. The first-order valence-corrected chi connectivity index (χ1v) is 7.29. The fraction of sp³-hybridized carbons (Fsp3) is 0.800. The highest BCUT2D eigenvalue weighted by molar-refractivity contribution is 5.92. The molecule has 0 bridgehead atoms. The molecule has 3 aliphatic heterocycles. The van der Waals surface area contributed by atoms with Gasteiger partial charge in [-0.25, -0.2) is 4.79 Å². The lowest BCUT2D eigenvalue weighted by atomic mass is 9.84. The van der Waals surface area contributed by atoms with E-state index >= 15 is 0 Å². The molecule has 0 aromatic carbocycles.